The van der Waals surface area contributed by atoms with E-state index in [9.17, 15) is 9.59 Å². The number of hydrogen-bond donors (Lipinski definition) is 2. The topological polar surface area (TPSA) is 74.6 Å². The Balaban J connectivity index is 1.69. The Morgan fingerprint density at radius 2 is 2.00 bits per heavy atom. The van der Waals surface area contributed by atoms with Crippen LogP contribution in [0.15, 0.2) is 40.8 Å². The van der Waals surface area contributed by atoms with Gasteiger partial charge in [-0.15, -0.1) is 0 Å². The number of anilines is 2. The lowest BCUT2D eigenvalue weighted by Crippen LogP contribution is -2.27. The molecule has 3 rings (SSSR count). The molecule has 1 aromatic heterocycles. The first-order valence-corrected chi connectivity index (χ1v) is 6.73. The fourth-order valence-corrected chi connectivity index (χ4v) is 2.22. The molecule has 0 bridgehead atoms. The highest BCUT2D eigenvalue weighted by Gasteiger charge is 2.20. The van der Waals surface area contributed by atoms with Gasteiger partial charge in [-0.25, -0.2) is 4.79 Å². The summed E-state index contributed by atoms with van der Waals surface area (Å²) in [4.78, 5) is 25.1. The van der Waals surface area contributed by atoms with Gasteiger partial charge in [0.15, 0.2) is 11.0 Å². The molecule has 1 aliphatic rings. The molecule has 6 nitrogen and oxygen atoms in total. The van der Waals surface area contributed by atoms with Gasteiger partial charge in [-0.1, -0.05) is 0 Å². The van der Waals surface area contributed by atoms with Gasteiger partial charge in [0.1, 0.15) is 0 Å². The Morgan fingerprint density at radius 1 is 1.24 bits per heavy atom. The van der Waals surface area contributed by atoms with Crippen LogP contribution in [-0.4, -0.2) is 25.0 Å². The predicted octanol–water partition coefficient (Wildman–Crippen LogP) is 2.71. The number of carbonyl (C=O) groups is 2. The average molecular weight is 306 g/mol. The molecule has 1 aromatic carbocycles. The molecule has 0 radical (unpaired) electrons. The first kappa shape index (κ1) is 13.5. The van der Waals surface area contributed by atoms with E-state index in [0.717, 1.165) is 5.69 Å². The van der Waals surface area contributed by atoms with Gasteiger partial charge in [0.25, 0.3) is 5.91 Å². The Labute approximate surface area is 125 Å². The van der Waals surface area contributed by atoms with Crippen molar-refractivity contribution in [2.24, 2.45) is 0 Å². The molecule has 3 amide bonds. The van der Waals surface area contributed by atoms with Crippen LogP contribution in [0.1, 0.15) is 10.6 Å². The third kappa shape index (κ3) is 2.85. The molecule has 2 heterocycles. The van der Waals surface area contributed by atoms with Crippen LogP contribution >= 0.6 is 11.6 Å². The van der Waals surface area contributed by atoms with E-state index in [2.05, 4.69) is 10.6 Å². The summed E-state index contributed by atoms with van der Waals surface area (Å²) in [5, 5.41) is 5.58. The van der Waals surface area contributed by atoms with Crippen molar-refractivity contribution in [3.05, 3.63) is 47.4 Å². The molecular weight excluding hydrogens is 294 g/mol. The van der Waals surface area contributed by atoms with Crippen molar-refractivity contribution in [3.8, 4) is 0 Å². The second-order valence-corrected chi connectivity index (χ2v) is 4.86. The van der Waals surface area contributed by atoms with Crippen LogP contribution in [0.3, 0.4) is 0 Å². The van der Waals surface area contributed by atoms with Crippen molar-refractivity contribution < 1.29 is 14.0 Å². The van der Waals surface area contributed by atoms with Gasteiger partial charge in [-0.2, -0.15) is 0 Å². The summed E-state index contributed by atoms with van der Waals surface area (Å²) in [5.41, 5.74) is 1.39. The SMILES string of the molecule is O=C(Nc1ccc(N2CCNC2=O)cc1)c1ccc(Cl)o1. The lowest BCUT2D eigenvalue weighted by atomic mass is 10.2. The van der Waals surface area contributed by atoms with Gasteiger partial charge in [-0.05, 0) is 48.0 Å². The number of benzene rings is 1. The van der Waals surface area contributed by atoms with Crippen molar-refractivity contribution in [2.45, 2.75) is 0 Å². The Bertz CT molecular complexity index is 681. The quantitative estimate of drug-likeness (QED) is 0.915. The standard InChI is InChI=1S/C14H12ClN3O3/c15-12-6-5-11(21-12)13(19)17-9-1-3-10(4-2-9)18-8-7-16-14(18)20/h1-6H,7-8H2,(H,16,20)(H,17,19). The van der Waals surface area contributed by atoms with Crippen molar-refractivity contribution in [1.29, 1.82) is 0 Å². The summed E-state index contributed by atoms with van der Waals surface area (Å²) < 4.78 is 5.03. The highest BCUT2D eigenvalue weighted by molar-refractivity contribution is 6.29. The normalized spacial score (nSPS) is 14.1. The maximum absolute atomic E-state index is 11.9. The van der Waals surface area contributed by atoms with Gasteiger partial charge in [0.2, 0.25) is 0 Å². The fourth-order valence-electron chi connectivity index (χ4n) is 2.07. The predicted molar refractivity (Wildman–Crippen MR) is 78.9 cm³/mol. The first-order valence-electron chi connectivity index (χ1n) is 6.35. The van der Waals surface area contributed by atoms with Crippen LogP contribution < -0.4 is 15.5 Å². The summed E-state index contributed by atoms with van der Waals surface area (Å²) in [6, 6.07) is 9.89. The maximum Gasteiger partial charge on any atom is 0.321 e. The zero-order valence-corrected chi connectivity index (χ0v) is 11.7. The van der Waals surface area contributed by atoms with Crippen LogP contribution in [-0.2, 0) is 0 Å². The number of halogens is 1. The number of furan rings is 1. The molecule has 108 valence electrons. The molecule has 0 unspecified atom stereocenters. The van der Waals surface area contributed by atoms with Crippen LogP contribution in [0.2, 0.25) is 5.22 Å². The minimum absolute atomic E-state index is 0.114. The molecule has 0 aliphatic carbocycles. The van der Waals surface area contributed by atoms with Gasteiger partial charge < -0.3 is 15.1 Å². The van der Waals surface area contributed by atoms with Crippen molar-refractivity contribution in [1.82, 2.24) is 5.32 Å². The zero-order valence-electron chi connectivity index (χ0n) is 10.9. The second-order valence-electron chi connectivity index (χ2n) is 4.49. The van der Waals surface area contributed by atoms with Gasteiger partial charge in [-0.3, -0.25) is 9.69 Å². The number of nitrogens with zero attached hydrogens (tertiary/aromatic N) is 1. The molecule has 0 atom stereocenters. The Hall–Kier alpha value is -2.47. The highest BCUT2D eigenvalue weighted by atomic mass is 35.5. The average Bonchev–Trinajstić information content (AvgIpc) is 3.08. The van der Waals surface area contributed by atoms with Gasteiger partial charge in [0, 0.05) is 24.5 Å². The van der Waals surface area contributed by atoms with E-state index in [1.54, 1.807) is 29.2 Å². The zero-order chi connectivity index (χ0) is 14.8. The minimum atomic E-state index is -0.381. The number of nitrogens with one attached hydrogen (secondary N) is 2. The molecule has 1 aliphatic heterocycles. The Morgan fingerprint density at radius 3 is 2.57 bits per heavy atom. The maximum atomic E-state index is 11.9. The molecule has 21 heavy (non-hydrogen) atoms. The first-order chi connectivity index (χ1) is 10.1. The van der Waals surface area contributed by atoms with Crippen molar-refractivity contribution in [2.75, 3.05) is 23.3 Å². The number of hydrogen-bond acceptors (Lipinski definition) is 3. The van der Waals surface area contributed by atoms with Crippen molar-refractivity contribution in [3.63, 3.8) is 0 Å². The van der Waals surface area contributed by atoms with E-state index < -0.39 is 0 Å². The molecule has 0 saturated carbocycles. The summed E-state index contributed by atoms with van der Waals surface area (Å²) in [7, 11) is 0. The largest absolute Gasteiger partial charge is 0.440 e. The van der Waals surface area contributed by atoms with Crippen LogP contribution in [0.5, 0.6) is 0 Å². The van der Waals surface area contributed by atoms with E-state index in [4.69, 9.17) is 16.0 Å². The van der Waals surface area contributed by atoms with Crippen LogP contribution in [0, 0.1) is 0 Å². The number of urea groups is 1. The van der Waals surface area contributed by atoms with Gasteiger partial charge >= 0.3 is 6.03 Å². The van der Waals surface area contributed by atoms with E-state index in [0.29, 0.717) is 18.8 Å². The molecule has 1 saturated heterocycles. The van der Waals surface area contributed by atoms with E-state index >= 15 is 0 Å². The second kappa shape index (κ2) is 5.49. The molecule has 0 spiro atoms. The van der Waals surface area contributed by atoms with E-state index in [1.807, 2.05) is 0 Å². The third-order valence-corrected chi connectivity index (χ3v) is 3.29. The molecule has 1 fully saturated rings. The minimum Gasteiger partial charge on any atom is -0.440 e. The van der Waals surface area contributed by atoms with Gasteiger partial charge in [0.05, 0.1) is 0 Å². The lowest BCUT2D eigenvalue weighted by Gasteiger charge is -2.14. The summed E-state index contributed by atoms with van der Waals surface area (Å²) in [5.74, 6) is -0.239. The smallest absolute Gasteiger partial charge is 0.321 e. The number of carbonyl (C=O) groups excluding carboxylic acids is 2. The Kier molecular flexibility index (Phi) is 3.53. The monoisotopic (exact) mass is 305 g/mol. The number of amides is 3. The summed E-state index contributed by atoms with van der Waals surface area (Å²) in [6.07, 6.45) is 0. The van der Waals surface area contributed by atoms with Crippen LogP contribution in [0.4, 0.5) is 16.2 Å². The molecule has 2 N–H and O–H groups in total. The van der Waals surface area contributed by atoms with Crippen molar-refractivity contribution >= 4 is 34.9 Å². The lowest BCUT2D eigenvalue weighted by molar-refractivity contribution is 0.0996. The van der Waals surface area contributed by atoms with Crippen LogP contribution in [0.25, 0.3) is 0 Å². The number of rotatable bonds is 3. The summed E-state index contributed by atoms with van der Waals surface area (Å²) in [6.45, 7) is 1.27. The van der Waals surface area contributed by atoms with E-state index in [1.165, 1.54) is 12.1 Å². The van der Waals surface area contributed by atoms with E-state index in [-0.39, 0.29) is 22.9 Å². The summed E-state index contributed by atoms with van der Waals surface area (Å²) >= 11 is 5.62. The molecule has 2 aromatic rings. The molecular formula is C14H12ClN3O3. The fraction of sp³-hybridized carbons (Fsp3) is 0.143. The highest BCUT2D eigenvalue weighted by Crippen LogP contribution is 2.20. The molecule has 7 heteroatoms. The third-order valence-electron chi connectivity index (χ3n) is 3.09.